The van der Waals surface area contributed by atoms with Gasteiger partial charge in [0.05, 0.1) is 23.4 Å². The molecule has 0 radical (unpaired) electrons. The van der Waals surface area contributed by atoms with Gasteiger partial charge in [0.25, 0.3) is 5.56 Å². The molecule has 0 spiro atoms. The molecule has 28 heavy (non-hydrogen) atoms. The summed E-state index contributed by atoms with van der Waals surface area (Å²) in [6.45, 7) is 1.21. The van der Waals surface area contributed by atoms with Crippen molar-refractivity contribution in [3.8, 4) is 11.3 Å². The SMILES string of the molecule is O=c1ccc(-c2cccc(F)c2)nn1C1CN(c2ncnc3cnccc23)C1. The van der Waals surface area contributed by atoms with Crippen LogP contribution in [-0.2, 0) is 0 Å². The van der Waals surface area contributed by atoms with Gasteiger partial charge < -0.3 is 4.90 Å². The minimum absolute atomic E-state index is 0.0761. The minimum Gasteiger partial charge on any atom is -0.352 e. The fourth-order valence-electron chi connectivity index (χ4n) is 3.42. The van der Waals surface area contributed by atoms with Gasteiger partial charge in [0.2, 0.25) is 0 Å². The van der Waals surface area contributed by atoms with E-state index in [2.05, 4.69) is 25.0 Å². The van der Waals surface area contributed by atoms with Crippen molar-refractivity contribution in [2.45, 2.75) is 6.04 Å². The Hall–Kier alpha value is -3.68. The molecule has 4 heterocycles. The van der Waals surface area contributed by atoms with Gasteiger partial charge in [0.15, 0.2) is 0 Å². The van der Waals surface area contributed by atoms with Crippen LogP contribution in [0.5, 0.6) is 0 Å². The highest BCUT2D eigenvalue weighted by molar-refractivity contribution is 5.88. The van der Waals surface area contributed by atoms with Gasteiger partial charge in [0.1, 0.15) is 18.0 Å². The van der Waals surface area contributed by atoms with E-state index in [1.54, 1.807) is 30.6 Å². The van der Waals surface area contributed by atoms with Crippen LogP contribution in [0.3, 0.4) is 0 Å². The molecule has 1 aliphatic heterocycles. The van der Waals surface area contributed by atoms with Crippen molar-refractivity contribution >= 4 is 16.7 Å². The molecule has 0 atom stereocenters. The Bertz CT molecular complexity index is 1230. The first-order chi connectivity index (χ1) is 13.7. The summed E-state index contributed by atoms with van der Waals surface area (Å²) < 4.78 is 15.0. The molecule has 0 amide bonds. The topological polar surface area (TPSA) is 76.8 Å². The molecule has 3 aromatic heterocycles. The first-order valence-corrected chi connectivity index (χ1v) is 8.84. The normalized spacial score (nSPS) is 14.2. The summed E-state index contributed by atoms with van der Waals surface area (Å²) in [4.78, 5) is 27.1. The van der Waals surface area contributed by atoms with Gasteiger partial charge in [-0.15, -0.1) is 0 Å². The molecule has 0 N–H and O–H groups in total. The Morgan fingerprint density at radius 1 is 1.07 bits per heavy atom. The smallest absolute Gasteiger partial charge is 0.267 e. The lowest BCUT2D eigenvalue weighted by Gasteiger charge is -2.40. The van der Waals surface area contributed by atoms with Gasteiger partial charge >= 0.3 is 0 Å². The van der Waals surface area contributed by atoms with Crippen molar-refractivity contribution in [1.29, 1.82) is 0 Å². The lowest BCUT2D eigenvalue weighted by atomic mass is 10.1. The van der Waals surface area contributed by atoms with Crippen LogP contribution in [0, 0.1) is 5.82 Å². The fourth-order valence-corrected chi connectivity index (χ4v) is 3.42. The summed E-state index contributed by atoms with van der Waals surface area (Å²) in [6, 6.07) is 11.1. The fraction of sp³-hybridized carbons (Fsp3) is 0.150. The number of fused-ring (bicyclic) bond motifs is 1. The van der Waals surface area contributed by atoms with Crippen molar-refractivity contribution in [3.05, 3.63) is 77.4 Å². The molecule has 1 fully saturated rings. The molecule has 0 saturated carbocycles. The van der Waals surface area contributed by atoms with Crippen LogP contribution in [0.2, 0.25) is 0 Å². The van der Waals surface area contributed by atoms with E-state index < -0.39 is 0 Å². The average molecular weight is 374 g/mol. The number of hydrogen-bond donors (Lipinski definition) is 0. The second kappa shape index (κ2) is 6.49. The van der Waals surface area contributed by atoms with E-state index in [1.165, 1.54) is 29.2 Å². The maximum Gasteiger partial charge on any atom is 0.267 e. The highest BCUT2D eigenvalue weighted by Crippen LogP contribution is 2.30. The van der Waals surface area contributed by atoms with Crippen LogP contribution in [0.15, 0.2) is 66.0 Å². The lowest BCUT2D eigenvalue weighted by Crippen LogP contribution is -2.51. The first kappa shape index (κ1) is 16.5. The number of benzene rings is 1. The Morgan fingerprint density at radius 3 is 2.82 bits per heavy atom. The quantitative estimate of drug-likeness (QED) is 0.548. The third-order valence-corrected chi connectivity index (χ3v) is 4.87. The van der Waals surface area contributed by atoms with Crippen molar-refractivity contribution < 1.29 is 4.39 Å². The van der Waals surface area contributed by atoms with E-state index in [4.69, 9.17) is 0 Å². The van der Waals surface area contributed by atoms with Crippen molar-refractivity contribution in [2.24, 2.45) is 0 Å². The summed E-state index contributed by atoms with van der Waals surface area (Å²) in [5, 5.41) is 5.39. The third kappa shape index (κ3) is 2.79. The van der Waals surface area contributed by atoms with Crippen LogP contribution in [-0.4, -0.2) is 37.8 Å². The molecule has 8 heteroatoms. The number of halogens is 1. The molecule has 0 bridgehead atoms. The highest BCUT2D eigenvalue weighted by Gasteiger charge is 2.32. The molecule has 7 nitrogen and oxygen atoms in total. The van der Waals surface area contributed by atoms with Gasteiger partial charge in [-0.1, -0.05) is 12.1 Å². The van der Waals surface area contributed by atoms with Gasteiger partial charge in [-0.05, 0) is 24.3 Å². The first-order valence-electron chi connectivity index (χ1n) is 8.84. The number of pyridine rings is 1. The Balaban J connectivity index is 1.43. The zero-order chi connectivity index (χ0) is 19.1. The summed E-state index contributed by atoms with van der Waals surface area (Å²) in [7, 11) is 0. The van der Waals surface area contributed by atoms with Crippen LogP contribution in [0.4, 0.5) is 10.2 Å². The van der Waals surface area contributed by atoms with E-state index in [1.807, 2.05) is 6.07 Å². The predicted molar refractivity (Wildman–Crippen MR) is 102 cm³/mol. The summed E-state index contributed by atoms with van der Waals surface area (Å²) in [6.07, 6.45) is 4.93. The van der Waals surface area contributed by atoms with E-state index >= 15 is 0 Å². The molecule has 0 aliphatic carbocycles. The summed E-state index contributed by atoms with van der Waals surface area (Å²) in [5.74, 6) is 0.481. The number of nitrogens with zero attached hydrogens (tertiary/aromatic N) is 6. The Morgan fingerprint density at radius 2 is 1.96 bits per heavy atom. The van der Waals surface area contributed by atoms with E-state index in [0.717, 1.165) is 16.7 Å². The van der Waals surface area contributed by atoms with Gasteiger partial charge in [-0.25, -0.2) is 19.0 Å². The standard InChI is InChI=1S/C20H15FN6O/c21-14-3-1-2-13(8-14)17-4-5-19(28)27(25-17)15-10-26(11-15)20-16-6-7-22-9-18(16)23-12-24-20/h1-9,12,15H,10-11H2. The largest absolute Gasteiger partial charge is 0.352 e. The van der Waals surface area contributed by atoms with E-state index in [0.29, 0.717) is 24.3 Å². The number of rotatable bonds is 3. The summed E-state index contributed by atoms with van der Waals surface area (Å²) in [5.41, 5.74) is 1.80. The molecule has 1 aliphatic rings. The van der Waals surface area contributed by atoms with Crippen LogP contribution >= 0.6 is 0 Å². The molecule has 4 aromatic rings. The van der Waals surface area contributed by atoms with Crippen molar-refractivity contribution in [1.82, 2.24) is 24.7 Å². The Kier molecular flexibility index (Phi) is 3.82. The molecule has 5 rings (SSSR count). The molecule has 1 saturated heterocycles. The second-order valence-corrected chi connectivity index (χ2v) is 6.66. The molecular formula is C20H15FN6O. The average Bonchev–Trinajstić information content (AvgIpc) is 2.68. The zero-order valence-electron chi connectivity index (χ0n) is 14.7. The monoisotopic (exact) mass is 374 g/mol. The number of aromatic nitrogens is 5. The van der Waals surface area contributed by atoms with Gasteiger partial charge in [0, 0.05) is 36.3 Å². The molecule has 138 valence electrons. The summed E-state index contributed by atoms with van der Waals surface area (Å²) >= 11 is 0. The van der Waals surface area contributed by atoms with Gasteiger partial charge in [-0.2, -0.15) is 5.10 Å². The van der Waals surface area contributed by atoms with E-state index in [9.17, 15) is 9.18 Å². The maximum atomic E-state index is 13.5. The third-order valence-electron chi connectivity index (χ3n) is 4.87. The predicted octanol–water partition coefficient (Wildman–Crippen LogP) is 2.45. The second-order valence-electron chi connectivity index (χ2n) is 6.66. The molecule has 1 aromatic carbocycles. The van der Waals surface area contributed by atoms with Crippen LogP contribution in [0.25, 0.3) is 22.2 Å². The lowest BCUT2D eigenvalue weighted by molar-refractivity contribution is 0.353. The minimum atomic E-state index is -0.336. The van der Waals surface area contributed by atoms with Crippen molar-refractivity contribution in [3.63, 3.8) is 0 Å². The number of hydrogen-bond acceptors (Lipinski definition) is 6. The Labute approximate surface area is 159 Å². The number of anilines is 1. The van der Waals surface area contributed by atoms with Crippen LogP contribution < -0.4 is 10.5 Å². The van der Waals surface area contributed by atoms with E-state index in [-0.39, 0.29) is 17.4 Å². The van der Waals surface area contributed by atoms with Crippen LogP contribution in [0.1, 0.15) is 6.04 Å². The molecule has 0 unspecified atom stereocenters. The molecular weight excluding hydrogens is 359 g/mol. The van der Waals surface area contributed by atoms with Gasteiger partial charge in [-0.3, -0.25) is 9.78 Å². The highest BCUT2D eigenvalue weighted by atomic mass is 19.1. The van der Waals surface area contributed by atoms with Crippen molar-refractivity contribution in [2.75, 3.05) is 18.0 Å². The zero-order valence-corrected chi connectivity index (χ0v) is 14.7. The maximum absolute atomic E-state index is 13.5.